The van der Waals surface area contributed by atoms with Crippen molar-refractivity contribution in [1.29, 1.82) is 5.26 Å². The van der Waals surface area contributed by atoms with Crippen LogP contribution in [0.1, 0.15) is 37.5 Å². The summed E-state index contributed by atoms with van der Waals surface area (Å²) in [7, 11) is 0. The lowest BCUT2D eigenvalue weighted by Crippen LogP contribution is -2.48. The van der Waals surface area contributed by atoms with Gasteiger partial charge in [-0.3, -0.25) is 14.5 Å². The van der Waals surface area contributed by atoms with Crippen LogP contribution in [-0.2, 0) is 13.1 Å². The molecule has 0 bridgehead atoms. The van der Waals surface area contributed by atoms with Crippen molar-refractivity contribution in [2.75, 3.05) is 26.2 Å². The van der Waals surface area contributed by atoms with E-state index in [0.29, 0.717) is 48.7 Å². The maximum absolute atomic E-state index is 13.2. The van der Waals surface area contributed by atoms with Crippen molar-refractivity contribution in [3.8, 4) is 17.3 Å². The number of carbonyl (C=O) groups is 2. The number of nitrogens with one attached hydrogen (secondary N) is 1. The van der Waals surface area contributed by atoms with Crippen LogP contribution in [0.5, 0.6) is 0 Å². The number of nitriles is 1. The van der Waals surface area contributed by atoms with Gasteiger partial charge in [-0.15, -0.1) is 0 Å². The fourth-order valence-corrected chi connectivity index (χ4v) is 4.63. The van der Waals surface area contributed by atoms with Gasteiger partial charge in [0.15, 0.2) is 0 Å². The first-order valence-corrected chi connectivity index (χ1v) is 13.1. The van der Waals surface area contributed by atoms with Gasteiger partial charge in [-0.25, -0.2) is 9.37 Å². The fourth-order valence-electron chi connectivity index (χ4n) is 4.63. The molecule has 40 heavy (non-hydrogen) atoms. The smallest absolute Gasteiger partial charge is 0.272 e. The van der Waals surface area contributed by atoms with E-state index in [-0.39, 0.29) is 17.6 Å². The second-order valence-electron chi connectivity index (χ2n) is 9.68. The second kappa shape index (κ2) is 12.3. The maximum Gasteiger partial charge on any atom is 0.272 e. The number of hydrogen-bond acceptors (Lipinski definition) is 5. The molecule has 2 heterocycles. The molecule has 0 spiro atoms. The van der Waals surface area contributed by atoms with Crippen molar-refractivity contribution in [2.24, 2.45) is 0 Å². The molecule has 0 radical (unpaired) electrons. The molecule has 5 rings (SSSR count). The Morgan fingerprint density at radius 2 is 1.57 bits per heavy atom. The van der Waals surface area contributed by atoms with Crippen LogP contribution in [0.25, 0.3) is 11.3 Å². The summed E-state index contributed by atoms with van der Waals surface area (Å²) in [6, 6.07) is 28.1. The normalized spacial score (nSPS) is 13.4. The quantitative estimate of drug-likeness (QED) is 0.374. The molecule has 1 fully saturated rings. The van der Waals surface area contributed by atoms with Crippen molar-refractivity contribution >= 4 is 11.8 Å². The van der Waals surface area contributed by atoms with Crippen molar-refractivity contribution in [1.82, 2.24) is 20.1 Å². The number of aromatic nitrogens is 1. The monoisotopic (exact) mass is 533 g/mol. The number of piperazine rings is 1. The van der Waals surface area contributed by atoms with E-state index < -0.39 is 0 Å². The van der Waals surface area contributed by atoms with Crippen molar-refractivity contribution in [3.63, 3.8) is 0 Å². The molecule has 8 heteroatoms. The number of carbonyl (C=O) groups excluding carboxylic acids is 2. The van der Waals surface area contributed by atoms with Gasteiger partial charge >= 0.3 is 0 Å². The summed E-state index contributed by atoms with van der Waals surface area (Å²) in [5.74, 6) is -0.597. The molecule has 0 unspecified atom stereocenters. The van der Waals surface area contributed by atoms with Crippen LogP contribution < -0.4 is 5.32 Å². The summed E-state index contributed by atoms with van der Waals surface area (Å²) in [6.45, 7) is 3.67. The SMILES string of the molecule is N#Cc1ccc(CNC(=O)c2cccc(-c3cccc(C(=O)N4CCN(Cc5ccc(F)cc5)CC4)n3)c2)cc1. The van der Waals surface area contributed by atoms with E-state index in [4.69, 9.17) is 5.26 Å². The zero-order chi connectivity index (χ0) is 27.9. The van der Waals surface area contributed by atoms with E-state index in [0.717, 1.165) is 29.8 Å². The summed E-state index contributed by atoms with van der Waals surface area (Å²) in [6.07, 6.45) is 0. The highest BCUT2D eigenvalue weighted by molar-refractivity contribution is 5.96. The summed E-state index contributed by atoms with van der Waals surface area (Å²) in [4.78, 5) is 34.7. The number of hydrogen-bond donors (Lipinski definition) is 1. The van der Waals surface area contributed by atoms with Crippen molar-refractivity contribution in [2.45, 2.75) is 13.1 Å². The van der Waals surface area contributed by atoms with Gasteiger partial charge in [0.05, 0.1) is 17.3 Å². The molecule has 0 atom stereocenters. The maximum atomic E-state index is 13.2. The minimum absolute atomic E-state index is 0.125. The third kappa shape index (κ3) is 6.57. The largest absolute Gasteiger partial charge is 0.348 e. The minimum Gasteiger partial charge on any atom is -0.348 e. The van der Waals surface area contributed by atoms with Crippen LogP contribution in [0.15, 0.2) is 91.0 Å². The summed E-state index contributed by atoms with van der Waals surface area (Å²) in [5.41, 5.74) is 4.71. The average molecular weight is 534 g/mol. The molecular formula is C32H28FN5O2. The molecule has 0 saturated carbocycles. The molecule has 1 aromatic heterocycles. The number of amides is 2. The van der Waals surface area contributed by atoms with Crippen LogP contribution in [0, 0.1) is 17.1 Å². The molecule has 3 aromatic carbocycles. The third-order valence-electron chi connectivity index (χ3n) is 6.90. The van der Waals surface area contributed by atoms with Gasteiger partial charge in [-0.1, -0.05) is 42.5 Å². The molecule has 7 nitrogen and oxygen atoms in total. The Hall–Kier alpha value is -4.87. The first-order valence-electron chi connectivity index (χ1n) is 13.1. The lowest BCUT2D eigenvalue weighted by Gasteiger charge is -2.34. The van der Waals surface area contributed by atoms with Crippen LogP contribution >= 0.6 is 0 Å². The number of nitrogens with zero attached hydrogens (tertiary/aromatic N) is 4. The van der Waals surface area contributed by atoms with E-state index in [1.165, 1.54) is 12.1 Å². The Labute approximate surface area is 232 Å². The van der Waals surface area contributed by atoms with Crippen molar-refractivity contribution < 1.29 is 14.0 Å². The standard InChI is InChI=1S/C32H28FN5O2/c33-28-13-11-25(12-14-28)22-37-15-17-38(18-16-37)32(40)30-6-2-5-29(36-30)26-3-1-4-27(19-26)31(39)35-21-24-9-7-23(20-34)8-10-24/h1-14,19H,15-18,21-22H2,(H,35,39). The number of halogens is 1. The predicted molar refractivity (Wildman–Crippen MR) is 150 cm³/mol. The second-order valence-corrected chi connectivity index (χ2v) is 9.68. The summed E-state index contributed by atoms with van der Waals surface area (Å²) < 4.78 is 13.2. The molecule has 0 aliphatic carbocycles. The highest BCUT2D eigenvalue weighted by Crippen LogP contribution is 2.20. The summed E-state index contributed by atoms with van der Waals surface area (Å²) >= 11 is 0. The van der Waals surface area contributed by atoms with E-state index in [1.54, 1.807) is 59.5 Å². The molecule has 4 aromatic rings. The average Bonchev–Trinajstić information content (AvgIpc) is 3.01. The van der Waals surface area contributed by atoms with Gasteiger partial charge in [0.2, 0.25) is 0 Å². The van der Waals surface area contributed by atoms with E-state index in [1.807, 2.05) is 24.3 Å². The molecule has 2 amide bonds. The zero-order valence-corrected chi connectivity index (χ0v) is 21.9. The van der Waals surface area contributed by atoms with Crippen LogP contribution in [-0.4, -0.2) is 52.8 Å². The predicted octanol–water partition coefficient (Wildman–Crippen LogP) is 4.65. The highest BCUT2D eigenvalue weighted by atomic mass is 19.1. The Bertz CT molecular complexity index is 1540. The van der Waals surface area contributed by atoms with Crippen LogP contribution in [0.2, 0.25) is 0 Å². The Morgan fingerprint density at radius 3 is 2.30 bits per heavy atom. The molecular weight excluding hydrogens is 505 g/mol. The first kappa shape index (κ1) is 26.7. The number of benzene rings is 3. The van der Waals surface area contributed by atoms with E-state index in [2.05, 4.69) is 21.3 Å². The van der Waals surface area contributed by atoms with Crippen LogP contribution in [0.3, 0.4) is 0 Å². The Kier molecular flexibility index (Phi) is 8.24. The number of pyridine rings is 1. The topological polar surface area (TPSA) is 89.3 Å². The lowest BCUT2D eigenvalue weighted by molar-refractivity contribution is 0.0622. The Morgan fingerprint density at radius 1 is 0.875 bits per heavy atom. The lowest BCUT2D eigenvalue weighted by atomic mass is 10.1. The molecule has 200 valence electrons. The minimum atomic E-state index is -0.247. The van der Waals surface area contributed by atoms with Gasteiger partial charge in [-0.2, -0.15) is 5.26 Å². The number of rotatable bonds is 7. The van der Waals surface area contributed by atoms with Gasteiger partial charge < -0.3 is 10.2 Å². The Balaban J connectivity index is 1.20. The van der Waals surface area contributed by atoms with E-state index >= 15 is 0 Å². The molecule has 1 aliphatic heterocycles. The molecule has 1 N–H and O–H groups in total. The highest BCUT2D eigenvalue weighted by Gasteiger charge is 2.23. The third-order valence-corrected chi connectivity index (χ3v) is 6.90. The fraction of sp³-hybridized carbons (Fsp3) is 0.188. The van der Waals surface area contributed by atoms with Gasteiger partial charge in [0, 0.05) is 50.4 Å². The van der Waals surface area contributed by atoms with Gasteiger partial charge in [0.25, 0.3) is 11.8 Å². The molecule has 1 saturated heterocycles. The van der Waals surface area contributed by atoms with E-state index in [9.17, 15) is 14.0 Å². The first-order chi connectivity index (χ1) is 19.5. The van der Waals surface area contributed by atoms with Gasteiger partial charge in [0.1, 0.15) is 11.5 Å². The zero-order valence-electron chi connectivity index (χ0n) is 21.9. The summed E-state index contributed by atoms with van der Waals surface area (Å²) in [5, 5.41) is 11.8. The molecule has 1 aliphatic rings. The van der Waals surface area contributed by atoms with Gasteiger partial charge in [-0.05, 0) is 59.7 Å². The van der Waals surface area contributed by atoms with Crippen molar-refractivity contribution in [3.05, 3.63) is 125 Å². The van der Waals surface area contributed by atoms with Crippen LogP contribution in [0.4, 0.5) is 4.39 Å².